The van der Waals surface area contributed by atoms with E-state index in [0.29, 0.717) is 44.3 Å². The number of nitrogens with zero attached hydrogens (tertiary/aromatic N) is 5. The molecular formula is C18H23N5O4. The van der Waals surface area contributed by atoms with Crippen LogP contribution in [0.4, 0.5) is 5.95 Å². The topological polar surface area (TPSA) is 97.6 Å². The van der Waals surface area contributed by atoms with Gasteiger partial charge in [0.05, 0.1) is 12.0 Å². The second-order valence-corrected chi connectivity index (χ2v) is 6.28. The van der Waals surface area contributed by atoms with Crippen LogP contribution in [0.15, 0.2) is 17.2 Å². The van der Waals surface area contributed by atoms with Gasteiger partial charge in [0, 0.05) is 52.0 Å². The number of aryl methyl sites for hydroxylation is 1. The largest absolute Gasteiger partial charge is 0.462 e. The lowest BCUT2D eigenvalue weighted by atomic mass is 10.2. The predicted molar refractivity (Wildman–Crippen MR) is 99.9 cm³/mol. The number of pyridine rings is 1. The highest BCUT2D eigenvalue weighted by Crippen LogP contribution is 2.16. The molecule has 0 saturated carbocycles. The van der Waals surface area contributed by atoms with Crippen LogP contribution in [0.25, 0.3) is 11.0 Å². The van der Waals surface area contributed by atoms with E-state index in [4.69, 9.17) is 4.74 Å². The second kappa shape index (κ2) is 7.73. The van der Waals surface area contributed by atoms with Crippen LogP contribution in [0.5, 0.6) is 0 Å². The molecule has 0 radical (unpaired) electrons. The zero-order valence-electron chi connectivity index (χ0n) is 15.8. The molecule has 1 amide bonds. The third-order valence-electron chi connectivity index (χ3n) is 4.65. The minimum atomic E-state index is -0.643. The molecule has 0 N–H and O–H groups in total. The Morgan fingerprint density at radius 1 is 1.19 bits per heavy atom. The zero-order chi connectivity index (χ0) is 19.6. The number of aromatic nitrogens is 3. The number of anilines is 1. The van der Waals surface area contributed by atoms with Gasteiger partial charge in [-0.15, -0.1) is 0 Å². The first-order valence-corrected chi connectivity index (χ1v) is 9.04. The molecule has 1 aliphatic rings. The SMILES string of the molecule is CCOC(=O)c1cn(CC)c2nc(N3CCN(C(C)=O)CC3)ncc2c1=O. The molecule has 27 heavy (non-hydrogen) atoms. The fourth-order valence-corrected chi connectivity index (χ4v) is 3.13. The summed E-state index contributed by atoms with van der Waals surface area (Å²) in [6.07, 6.45) is 2.96. The van der Waals surface area contributed by atoms with E-state index in [1.54, 1.807) is 23.3 Å². The molecule has 9 heteroatoms. The molecule has 9 nitrogen and oxygen atoms in total. The molecule has 2 aromatic heterocycles. The average molecular weight is 373 g/mol. The average Bonchev–Trinajstić information content (AvgIpc) is 2.68. The van der Waals surface area contributed by atoms with E-state index in [1.807, 2.05) is 11.8 Å². The maximum absolute atomic E-state index is 12.7. The molecule has 3 rings (SSSR count). The van der Waals surface area contributed by atoms with E-state index in [-0.39, 0.29) is 23.5 Å². The Balaban J connectivity index is 1.98. The van der Waals surface area contributed by atoms with E-state index >= 15 is 0 Å². The first-order valence-electron chi connectivity index (χ1n) is 9.04. The van der Waals surface area contributed by atoms with E-state index < -0.39 is 11.4 Å². The van der Waals surface area contributed by atoms with Crippen molar-refractivity contribution in [2.45, 2.75) is 27.3 Å². The Morgan fingerprint density at radius 3 is 2.48 bits per heavy atom. The van der Waals surface area contributed by atoms with Gasteiger partial charge < -0.3 is 19.1 Å². The fraction of sp³-hybridized carbons (Fsp3) is 0.500. The smallest absolute Gasteiger partial charge is 0.343 e. The van der Waals surface area contributed by atoms with Crippen LogP contribution in [0.1, 0.15) is 31.1 Å². The first kappa shape index (κ1) is 18.8. The number of rotatable bonds is 4. The first-order chi connectivity index (χ1) is 13.0. The van der Waals surface area contributed by atoms with Gasteiger partial charge in [0.1, 0.15) is 11.2 Å². The van der Waals surface area contributed by atoms with Crippen molar-refractivity contribution in [1.82, 2.24) is 19.4 Å². The number of hydrogen-bond acceptors (Lipinski definition) is 7. The summed E-state index contributed by atoms with van der Waals surface area (Å²) in [5, 5.41) is 0.286. The summed E-state index contributed by atoms with van der Waals surface area (Å²) in [5.41, 5.74) is 0.0354. The van der Waals surface area contributed by atoms with Gasteiger partial charge in [-0.2, -0.15) is 4.98 Å². The number of piperazine rings is 1. The van der Waals surface area contributed by atoms with Crippen molar-refractivity contribution in [2.75, 3.05) is 37.7 Å². The van der Waals surface area contributed by atoms with Gasteiger partial charge >= 0.3 is 5.97 Å². The van der Waals surface area contributed by atoms with Crippen molar-refractivity contribution in [3.8, 4) is 0 Å². The Bertz CT molecular complexity index is 931. The highest BCUT2D eigenvalue weighted by molar-refractivity contribution is 5.93. The summed E-state index contributed by atoms with van der Waals surface area (Å²) < 4.78 is 6.72. The van der Waals surface area contributed by atoms with Gasteiger partial charge in [-0.05, 0) is 13.8 Å². The van der Waals surface area contributed by atoms with Crippen molar-refractivity contribution in [1.29, 1.82) is 0 Å². The third-order valence-corrected chi connectivity index (χ3v) is 4.65. The second-order valence-electron chi connectivity index (χ2n) is 6.28. The maximum Gasteiger partial charge on any atom is 0.343 e. The van der Waals surface area contributed by atoms with Gasteiger partial charge in [0.15, 0.2) is 0 Å². The summed E-state index contributed by atoms with van der Waals surface area (Å²) >= 11 is 0. The van der Waals surface area contributed by atoms with Crippen LogP contribution in [-0.2, 0) is 16.1 Å². The highest BCUT2D eigenvalue weighted by Gasteiger charge is 2.22. The molecule has 0 unspecified atom stereocenters. The van der Waals surface area contributed by atoms with Crippen LogP contribution in [0.3, 0.4) is 0 Å². The quantitative estimate of drug-likeness (QED) is 0.726. The van der Waals surface area contributed by atoms with Crippen molar-refractivity contribution in [3.05, 3.63) is 28.2 Å². The standard InChI is InChI=1S/C18H23N5O4/c1-4-21-11-14(17(26)27-5-2)15(25)13-10-19-18(20-16(13)21)23-8-6-22(7-9-23)12(3)24/h10-11H,4-9H2,1-3H3. The molecule has 0 atom stereocenters. The number of hydrogen-bond donors (Lipinski definition) is 0. The molecule has 0 bridgehead atoms. The highest BCUT2D eigenvalue weighted by atomic mass is 16.5. The van der Waals surface area contributed by atoms with E-state index in [9.17, 15) is 14.4 Å². The Morgan fingerprint density at radius 2 is 1.89 bits per heavy atom. The van der Waals surface area contributed by atoms with Gasteiger partial charge in [0.2, 0.25) is 17.3 Å². The minimum absolute atomic E-state index is 0.0161. The van der Waals surface area contributed by atoms with E-state index in [0.717, 1.165) is 0 Å². The molecule has 0 aliphatic carbocycles. The zero-order valence-corrected chi connectivity index (χ0v) is 15.8. The number of esters is 1. The lowest BCUT2D eigenvalue weighted by Crippen LogP contribution is -2.48. The monoisotopic (exact) mass is 373 g/mol. The molecule has 144 valence electrons. The summed E-state index contributed by atoms with van der Waals surface area (Å²) in [5.74, 6) is -0.0763. The van der Waals surface area contributed by atoms with Crippen LogP contribution >= 0.6 is 0 Å². The maximum atomic E-state index is 12.7. The van der Waals surface area contributed by atoms with Crippen molar-refractivity contribution >= 4 is 28.9 Å². The minimum Gasteiger partial charge on any atom is -0.462 e. The molecule has 1 fully saturated rings. The number of carbonyl (C=O) groups excluding carboxylic acids is 2. The Labute approximate surface area is 156 Å². The number of amides is 1. The molecule has 0 spiro atoms. The van der Waals surface area contributed by atoms with Crippen molar-refractivity contribution in [3.63, 3.8) is 0 Å². The van der Waals surface area contributed by atoms with Crippen LogP contribution in [0, 0.1) is 0 Å². The predicted octanol–water partition coefficient (Wildman–Crippen LogP) is 0.657. The lowest BCUT2D eigenvalue weighted by Gasteiger charge is -2.34. The molecule has 1 saturated heterocycles. The van der Waals surface area contributed by atoms with Gasteiger partial charge in [0.25, 0.3) is 0 Å². The molecule has 1 aliphatic heterocycles. The van der Waals surface area contributed by atoms with E-state index in [1.165, 1.54) is 12.4 Å². The van der Waals surface area contributed by atoms with Crippen molar-refractivity contribution in [2.24, 2.45) is 0 Å². The summed E-state index contributed by atoms with van der Waals surface area (Å²) in [4.78, 5) is 48.9. The van der Waals surface area contributed by atoms with Crippen LogP contribution in [0.2, 0.25) is 0 Å². The van der Waals surface area contributed by atoms with E-state index in [2.05, 4.69) is 9.97 Å². The van der Waals surface area contributed by atoms with Crippen LogP contribution in [-0.4, -0.2) is 64.1 Å². The number of carbonyl (C=O) groups is 2. The van der Waals surface area contributed by atoms with Crippen molar-refractivity contribution < 1.29 is 14.3 Å². The molecule has 3 heterocycles. The Kier molecular flexibility index (Phi) is 5.38. The summed E-state index contributed by atoms with van der Waals surface area (Å²) in [7, 11) is 0. The lowest BCUT2D eigenvalue weighted by molar-refractivity contribution is -0.129. The normalized spacial score (nSPS) is 14.5. The summed E-state index contributed by atoms with van der Waals surface area (Å²) in [6.45, 7) is 8.37. The summed E-state index contributed by atoms with van der Waals surface area (Å²) in [6, 6.07) is 0. The fourth-order valence-electron chi connectivity index (χ4n) is 3.13. The van der Waals surface area contributed by atoms with Gasteiger partial charge in [-0.1, -0.05) is 0 Å². The third kappa shape index (κ3) is 3.62. The van der Waals surface area contributed by atoms with Crippen LogP contribution < -0.4 is 10.3 Å². The molecular weight excluding hydrogens is 350 g/mol. The Hall–Kier alpha value is -2.97. The molecule has 0 aromatic carbocycles. The number of fused-ring (bicyclic) bond motifs is 1. The number of ether oxygens (including phenoxy) is 1. The van der Waals surface area contributed by atoms with Gasteiger partial charge in [-0.25, -0.2) is 9.78 Å². The van der Waals surface area contributed by atoms with Gasteiger partial charge in [-0.3, -0.25) is 9.59 Å². The molecule has 2 aromatic rings.